The molecule has 0 saturated carbocycles. The van der Waals surface area contributed by atoms with E-state index in [1.807, 2.05) is 27.2 Å². The Morgan fingerprint density at radius 3 is 1.26 bits per heavy atom. The first-order valence-electron chi connectivity index (χ1n) is 30.9. The Morgan fingerprint density at radius 2 is 0.838 bits per heavy atom. The van der Waals surface area contributed by atoms with Crippen molar-refractivity contribution in [3.63, 3.8) is 0 Å². The number of phosphoric acid groups is 1. The van der Waals surface area contributed by atoms with Crippen molar-refractivity contribution >= 4 is 13.7 Å². The molecule has 2 N–H and O–H groups in total. The van der Waals surface area contributed by atoms with Gasteiger partial charge in [-0.15, -0.1) is 0 Å². The highest BCUT2D eigenvalue weighted by atomic mass is 31.2. The summed E-state index contributed by atoms with van der Waals surface area (Å²) in [5, 5.41) is 13.9. The fourth-order valence-electron chi connectivity index (χ4n) is 8.77. The summed E-state index contributed by atoms with van der Waals surface area (Å²) in [5.41, 5.74) is 0. The van der Waals surface area contributed by atoms with Gasteiger partial charge < -0.3 is 28.8 Å². The number of aliphatic hydroxyl groups is 1. The van der Waals surface area contributed by atoms with Gasteiger partial charge in [0.15, 0.2) is 0 Å². The highest BCUT2D eigenvalue weighted by molar-refractivity contribution is 7.45. The van der Waals surface area contributed by atoms with Crippen molar-refractivity contribution in [2.75, 3.05) is 40.9 Å². The lowest BCUT2D eigenvalue weighted by atomic mass is 10.0. The van der Waals surface area contributed by atoms with Gasteiger partial charge in [-0.05, 0) is 83.5 Å². The predicted octanol–water partition coefficient (Wildman–Crippen LogP) is 18.6. The number of nitrogens with zero attached hydrogens (tertiary/aromatic N) is 1. The molecule has 430 valence electrons. The van der Waals surface area contributed by atoms with E-state index in [1.54, 1.807) is 6.08 Å². The van der Waals surface area contributed by atoms with Crippen LogP contribution in [0.4, 0.5) is 0 Å². The van der Waals surface area contributed by atoms with Crippen molar-refractivity contribution in [3.8, 4) is 0 Å². The van der Waals surface area contributed by atoms with Crippen molar-refractivity contribution in [1.29, 1.82) is 0 Å². The van der Waals surface area contributed by atoms with E-state index in [9.17, 15) is 19.4 Å². The zero-order valence-corrected chi connectivity index (χ0v) is 49.9. The lowest BCUT2D eigenvalue weighted by Crippen LogP contribution is -2.45. The molecule has 8 nitrogen and oxygen atoms in total. The SMILES string of the molecule is CC/C=C\C/C=C\C/C=C\C/C=C\CCCCCCCCCCCCCCCCCCCCC(=O)NC(COP(=O)([O-])OCC[N+](C)(C)C)C(O)/C=C/CC/C=C/CC/C=C/CCCCCCCCCCCCC. The number of allylic oxidation sites excluding steroid dienone is 13. The minimum atomic E-state index is -4.61. The normalized spacial score (nSPS) is 14.4. The molecule has 0 aliphatic rings. The van der Waals surface area contributed by atoms with Crippen molar-refractivity contribution in [2.45, 2.75) is 283 Å². The van der Waals surface area contributed by atoms with Gasteiger partial charge in [0.1, 0.15) is 13.2 Å². The van der Waals surface area contributed by atoms with Crippen LogP contribution in [0.25, 0.3) is 0 Å². The number of hydrogen-bond acceptors (Lipinski definition) is 6. The number of likely N-dealkylation sites (N-methyl/N-ethyl adjacent to an activating group) is 1. The molecule has 3 atom stereocenters. The number of carbonyl (C=O) groups is 1. The molecule has 0 heterocycles. The molecule has 0 bridgehead atoms. The van der Waals surface area contributed by atoms with Crippen LogP contribution in [-0.2, 0) is 18.4 Å². The van der Waals surface area contributed by atoms with Gasteiger partial charge in [-0.1, -0.05) is 266 Å². The van der Waals surface area contributed by atoms with E-state index in [-0.39, 0.29) is 12.5 Å². The Hall–Kier alpha value is -2.32. The fraction of sp³-hybridized carbons (Fsp3) is 0.769. The van der Waals surface area contributed by atoms with Gasteiger partial charge in [0, 0.05) is 6.42 Å². The first-order valence-corrected chi connectivity index (χ1v) is 32.4. The summed E-state index contributed by atoms with van der Waals surface area (Å²) >= 11 is 0. The van der Waals surface area contributed by atoms with Gasteiger partial charge in [0.05, 0.1) is 39.9 Å². The van der Waals surface area contributed by atoms with Crippen LogP contribution in [0.15, 0.2) is 85.1 Å². The number of quaternary nitrogens is 1. The maximum absolute atomic E-state index is 13.0. The minimum Gasteiger partial charge on any atom is -0.756 e. The molecule has 0 aromatic heterocycles. The first kappa shape index (κ1) is 71.7. The number of carbonyl (C=O) groups excluding carboxylic acids is 1. The van der Waals surface area contributed by atoms with E-state index in [0.717, 1.165) is 70.6 Å². The third-order valence-electron chi connectivity index (χ3n) is 13.6. The molecule has 0 aromatic carbocycles. The zero-order chi connectivity index (χ0) is 54.2. The van der Waals surface area contributed by atoms with Gasteiger partial charge >= 0.3 is 0 Å². The average Bonchev–Trinajstić information content (AvgIpc) is 3.36. The summed E-state index contributed by atoms with van der Waals surface area (Å²) in [5.74, 6) is -0.210. The molecule has 0 radical (unpaired) electrons. The van der Waals surface area contributed by atoms with E-state index in [2.05, 4.69) is 92.1 Å². The maximum Gasteiger partial charge on any atom is 0.268 e. The predicted molar refractivity (Wildman–Crippen MR) is 320 cm³/mol. The largest absolute Gasteiger partial charge is 0.756 e. The van der Waals surface area contributed by atoms with Gasteiger partial charge in [-0.2, -0.15) is 0 Å². The molecule has 0 aliphatic heterocycles. The molecule has 3 unspecified atom stereocenters. The Labute approximate surface area is 458 Å². The summed E-state index contributed by atoms with van der Waals surface area (Å²) in [6.07, 6.45) is 78.2. The third kappa shape index (κ3) is 57.4. The Bertz CT molecular complexity index is 1480. The zero-order valence-electron chi connectivity index (χ0n) is 49.0. The van der Waals surface area contributed by atoms with Crippen LogP contribution in [0.2, 0.25) is 0 Å². The molecule has 0 aromatic rings. The molecule has 0 saturated heterocycles. The Balaban J connectivity index is 4.17. The molecular formula is C65H119N2O6P. The van der Waals surface area contributed by atoms with E-state index in [0.29, 0.717) is 17.4 Å². The lowest BCUT2D eigenvalue weighted by molar-refractivity contribution is -0.870. The standard InChI is InChI=1S/C65H119N2O6P/c1-6-8-10-12-14-16-18-20-22-24-26-28-29-30-31-32-33-34-35-36-37-39-41-43-45-47-49-51-53-55-57-59-65(69)66-63(62-73-74(70,71)72-61-60-67(3,4)5)64(68)58-56-54-52-50-48-46-44-42-40-38-27-25-23-21-19-17-15-13-11-9-7-2/h8,10,14,16,20,22,26,28,40,42,48,50,56,58,63-64,68H,6-7,9,11-13,15,17-19,21,23-25,27,29-39,41,43-47,49,51-55,57,59-62H2,1-5H3,(H-,66,69,70,71)/b10-8-,16-14-,22-20-,28-26-,42-40+,50-48+,58-56+. The first-order chi connectivity index (χ1) is 36.0. The summed E-state index contributed by atoms with van der Waals surface area (Å²) < 4.78 is 23.4. The maximum atomic E-state index is 13.0. The lowest BCUT2D eigenvalue weighted by Gasteiger charge is -2.29. The molecule has 9 heteroatoms. The van der Waals surface area contributed by atoms with Gasteiger partial charge in [0.25, 0.3) is 7.82 Å². The average molecular weight is 1060 g/mol. The Kier molecular flexibility index (Phi) is 53.7. The molecular weight excluding hydrogens is 936 g/mol. The smallest absolute Gasteiger partial charge is 0.268 e. The summed E-state index contributed by atoms with van der Waals surface area (Å²) in [6, 6.07) is -0.913. The molecule has 0 spiro atoms. The highest BCUT2D eigenvalue weighted by Crippen LogP contribution is 2.38. The minimum absolute atomic E-state index is 0.0108. The molecule has 0 fully saturated rings. The number of nitrogens with one attached hydrogen (secondary N) is 1. The number of phosphoric ester groups is 1. The summed E-state index contributed by atoms with van der Waals surface area (Å²) in [7, 11) is 1.24. The van der Waals surface area contributed by atoms with Crippen LogP contribution >= 0.6 is 7.82 Å². The molecule has 1 amide bonds. The van der Waals surface area contributed by atoms with E-state index < -0.39 is 26.6 Å². The molecule has 74 heavy (non-hydrogen) atoms. The van der Waals surface area contributed by atoms with Crippen LogP contribution in [0, 0.1) is 0 Å². The molecule has 0 rings (SSSR count). The van der Waals surface area contributed by atoms with Crippen molar-refractivity contribution in [2.24, 2.45) is 0 Å². The van der Waals surface area contributed by atoms with E-state index in [1.165, 1.54) is 180 Å². The van der Waals surface area contributed by atoms with Crippen LogP contribution in [0.1, 0.15) is 271 Å². The van der Waals surface area contributed by atoms with E-state index >= 15 is 0 Å². The third-order valence-corrected chi connectivity index (χ3v) is 14.5. The fourth-order valence-corrected chi connectivity index (χ4v) is 9.49. The van der Waals surface area contributed by atoms with Crippen molar-refractivity contribution in [1.82, 2.24) is 5.32 Å². The van der Waals surface area contributed by atoms with Crippen LogP contribution in [0.5, 0.6) is 0 Å². The highest BCUT2D eigenvalue weighted by Gasteiger charge is 2.23. The van der Waals surface area contributed by atoms with Crippen LogP contribution in [-0.4, -0.2) is 68.5 Å². The second-order valence-electron chi connectivity index (χ2n) is 22.0. The van der Waals surface area contributed by atoms with Gasteiger partial charge in [-0.3, -0.25) is 9.36 Å². The van der Waals surface area contributed by atoms with E-state index in [4.69, 9.17) is 9.05 Å². The van der Waals surface area contributed by atoms with Crippen molar-refractivity contribution < 1.29 is 32.9 Å². The number of hydrogen-bond donors (Lipinski definition) is 2. The van der Waals surface area contributed by atoms with Gasteiger partial charge in [0.2, 0.25) is 5.91 Å². The Morgan fingerprint density at radius 1 is 0.486 bits per heavy atom. The quantitative estimate of drug-likeness (QED) is 0.0272. The number of unbranched alkanes of at least 4 members (excludes halogenated alkanes) is 31. The number of aliphatic hydroxyl groups excluding tert-OH is 1. The van der Waals surface area contributed by atoms with Gasteiger partial charge in [-0.25, -0.2) is 0 Å². The summed E-state index contributed by atoms with van der Waals surface area (Å²) in [4.78, 5) is 25.5. The van der Waals surface area contributed by atoms with Crippen molar-refractivity contribution in [3.05, 3.63) is 85.1 Å². The monoisotopic (exact) mass is 1050 g/mol. The second-order valence-corrected chi connectivity index (χ2v) is 23.4. The van der Waals surface area contributed by atoms with Crippen LogP contribution in [0.3, 0.4) is 0 Å². The topological polar surface area (TPSA) is 108 Å². The second kappa shape index (κ2) is 55.4. The number of rotatable bonds is 56. The molecule has 0 aliphatic carbocycles. The summed E-state index contributed by atoms with van der Waals surface area (Å²) in [6.45, 7) is 4.53. The van der Waals surface area contributed by atoms with Crippen LogP contribution < -0.4 is 10.2 Å². The number of amides is 1.